The van der Waals surface area contributed by atoms with Gasteiger partial charge in [-0.05, 0) is 30.0 Å². The van der Waals surface area contributed by atoms with Gasteiger partial charge in [-0.15, -0.1) is 0 Å². The molecule has 0 aliphatic carbocycles. The standard InChI is InChI=1S/C16H24N2O2S/c1-13(18-21(19,20)12-16(2,3)4)15-9-7-14(8-10-15)6-5-11-17/h7-10,13,18H,11-12,17H2,1-4H3. The van der Waals surface area contributed by atoms with Gasteiger partial charge in [0.15, 0.2) is 0 Å². The van der Waals surface area contributed by atoms with Gasteiger partial charge in [0.05, 0.1) is 12.3 Å². The lowest BCUT2D eigenvalue weighted by molar-refractivity contribution is 0.455. The number of hydrogen-bond acceptors (Lipinski definition) is 3. The summed E-state index contributed by atoms with van der Waals surface area (Å²) < 4.78 is 26.9. The van der Waals surface area contributed by atoms with Crippen molar-refractivity contribution < 1.29 is 8.42 Å². The summed E-state index contributed by atoms with van der Waals surface area (Å²) in [7, 11) is -3.31. The monoisotopic (exact) mass is 308 g/mol. The molecule has 1 rings (SSSR count). The van der Waals surface area contributed by atoms with Gasteiger partial charge in [-0.2, -0.15) is 0 Å². The normalized spacial score (nSPS) is 13.4. The molecule has 0 heterocycles. The van der Waals surface area contributed by atoms with Gasteiger partial charge >= 0.3 is 0 Å². The number of nitrogens with one attached hydrogen (secondary N) is 1. The van der Waals surface area contributed by atoms with Crippen molar-refractivity contribution in [3.63, 3.8) is 0 Å². The fraction of sp³-hybridized carbons (Fsp3) is 0.500. The fourth-order valence-corrected chi connectivity index (χ4v) is 3.86. The van der Waals surface area contributed by atoms with E-state index in [1.165, 1.54) is 0 Å². The van der Waals surface area contributed by atoms with Crippen molar-refractivity contribution in [1.29, 1.82) is 0 Å². The molecule has 0 saturated heterocycles. The van der Waals surface area contributed by atoms with E-state index in [1.54, 1.807) is 0 Å². The number of sulfonamides is 1. The van der Waals surface area contributed by atoms with E-state index in [2.05, 4.69) is 16.6 Å². The molecule has 0 aliphatic heterocycles. The Balaban J connectivity index is 2.78. The van der Waals surface area contributed by atoms with Crippen molar-refractivity contribution in [3.05, 3.63) is 35.4 Å². The molecule has 0 saturated carbocycles. The minimum atomic E-state index is -3.31. The van der Waals surface area contributed by atoms with Gasteiger partial charge in [0, 0.05) is 11.6 Å². The predicted octanol–water partition coefficient (Wildman–Crippen LogP) is 2.02. The van der Waals surface area contributed by atoms with E-state index in [0.29, 0.717) is 6.54 Å². The Morgan fingerprint density at radius 2 is 1.81 bits per heavy atom. The zero-order valence-electron chi connectivity index (χ0n) is 13.1. The highest BCUT2D eigenvalue weighted by atomic mass is 32.2. The van der Waals surface area contributed by atoms with E-state index in [9.17, 15) is 8.42 Å². The summed E-state index contributed by atoms with van der Waals surface area (Å²) in [4.78, 5) is 0. The molecule has 0 bridgehead atoms. The summed E-state index contributed by atoms with van der Waals surface area (Å²) in [6.45, 7) is 7.87. The summed E-state index contributed by atoms with van der Waals surface area (Å²) >= 11 is 0. The molecule has 1 aromatic rings. The summed E-state index contributed by atoms with van der Waals surface area (Å²) in [5.74, 6) is 5.82. The number of rotatable bonds is 4. The van der Waals surface area contributed by atoms with Crippen LogP contribution in [0.15, 0.2) is 24.3 Å². The van der Waals surface area contributed by atoms with Crippen LogP contribution in [0.1, 0.15) is 44.9 Å². The van der Waals surface area contributed by atoms with Crippen LogP contribution in [0.2, 0.25) is 0 Å². The summed E-state index contributed by atoms with van der Waals surface area (Å²) in [5.41, 5.74) is 6.83. The average Bonchev–Trinajstić information content (AvgIpc) is 2.33. The molecule has 21 heavy (non-hydrogen) atoms. The first-order chi connectivity index (χ1) is 9.63. The van der Waals surface area contributed by atoms with Crippen molar-refractivity contribution in [1.82, 2.24) is 4.72 Å². The van der Waals surface area contributed by atoms with Gasteiger partial charge in [-0.1, -0.05) is 44.7 Å². The van der Waals surface area contributed by atoms with Gasteiger partial charge in [0.1, 0.15) is 0 Å². The lowest BCUT2D eigenvalue weighted by atomic mass is 10.0. The topological polar surface area (TPSA) is 72.2 Å². The quantitative estimate of drug-likeness (QED) is 0.836. The molecule has 4 nitrogen and oxygen atoms in total. The van der Waals surface area contributed by atoms with Crippen molar-refractivity contribution >= 4 is 10.0 Å². The molecule has 0 radical (unpaired) electrons. The Bertz CT molecular complexity index is 617. The highest BCUT2D eigenvalue weighted by Gasteiger charge is 2.23. The zero-order valence-corrected chi connectivity index (χ0v) is 13.9. The highest BCUT2D eigenvalue weighted by Crippen LogP contribution is 2.19. The molecular formula is C16H24N2O2S. The molecule has 1 atom stereocenters. The van der Waals surface area contributed by atoms with E-state index in [0.717, 1.165) is 11.1 Å². The molecule has 116 valence electrons. The van der Waals surface area contributed by atoms with Crippen LogP contribution in [0.4, 0.5) is 0 Å². The molecule has 5 heteroatoms. The first kappa shape index (κ1) is 17.7. The molecule has 0 amide bonds. The molecule has 0 aromatic heterocycles. The predicted molar refractivity (Wildman–Crippen MR) is 87.2 cm³/mol. The second-order valence-corrected chi connectivity index (χ2v) is 8.04. The molecular weight excluding hydrogens is 284 g/mol. The van der Waals surface area contributed by atoms with Crippen molar-refractivity contribution in [3.8, 4) is 11.8 Å². The zero-order chi connectivity index (χ0) is 16.1. The largest absolute Gasteiger partial charge is 0.320 e. The summed E-state index contributed by atoms with van der Waals surface area (Å²) in [6, 6.07) is 7.23. The van der Waals surface area contributed by atoms with Crippen LogP contribution in [-0.4, -0.2) is 20.7 Å². The minimum Gasteiger partial charge on any atom is -0.320 e. The maximum atomic E-state index is 12.1. The maximum Gasteiger partial charge on any atom is 0.212 e. The summed E-state index contributed by atoms with van der Waals surface area (Å²) in [5, 5.41) is 0. The molecule has 1 aromatic carbocycles. The van der Waals surface area contributed by atoms with E-state index in [-0.39, 0.29) is 17.2 Å². The van der Waals surface area contributed by atoms with Crippen LogP contribution in [0, 0.1) is 17.3 Å². The van der Waals surface area contributed by atoms with Crippen molar-refractivity contribution in [2.75, 3.05) is 12.3 Å². The Morgan fingerprint density at radius 3 is 2.29 bits per heavy atom. The van der Waals surface area contributed by atoms with Gasteiger partial charge in [-0.25, -0.2) is 13.1 Å². The van der Waals surface area contributed by atoms with Gasteiger partial charge < -0.3 is 5.73 Å². The Morgan fingerprint density at radius 1 is 1.24 bits per heavy atom. The van der Waals surface area contributed by atoms with Crippen LogP contribution in [-0.2, 0) is 10.0 Å². The first-order valence-corrected chi connectivity index (χ1v) is 8.57. The Kier molecular flexibility index (Phi) is 5.97. The van der Waals surface area contributed by atoms with Gasteiger partial charge in [0.25, 0.3) is 0 Å². The minimum absolute atomic E-state index is 0.102. The average molecular weight is 308 g/mol. The number of nitrogens with two attached hydrogens (primary N) is 1. The molecule has 0 spiro atoms. The van der Waals surface area contributed by atoms with Crippen LogP contribution in [0.25, 0.3) is 0 Å². The first-order valence-electron chi connectivity index (χ1n) is 6.92. The van der Waals surface area contributed by atoms with E-state index >= 15 is 0 Å². The second kappa shape index (κ2) is 7.08. The Hall–Kier alpha value is -1.35. The molecule has 3 N–H and O–H groups in total. The van der Waals surface area contributed by atoms with E-state index in [1.807, 2.05) is 52.0 Å². The molecule has 1 unspecified atom stereocenters. The van der Waals surface area contributed by atoms with Crippen LogP contribution < -0.4 is 10.5 Å². The molecule has 0 fully saturated rings. The van der Waals surface area contributed by atoms with E-state index in [4.69, 9.17) is 5.73 Å². The van der Waals surface area contributed by atoms with Gasteiger partial charge in [0.2, 0.25) is 10.0 Å². The fourth-order valence-electron chi connectivity index (χ4n) is 1.96. The SMILES string of the molecule is CC(NS(=O)(=O)CC(C)(C)C)c1ccc(C#CCN)cc1. The smallest absolute Gasteiger partial charge is 0.212 e. The number of hydrogen-bond donors (Lipinski definition) is 2. The van der Waals surface area contributed by atoms with Crippen LogP contribution in [0.5, 0.6) is 0 Å². The van der Waals surface area contributed by atoms with Crippen LogP contribution >= 0.6 is 0 Å². The van der Waals surface area contributed by atoms with Gasteiger partial charge in [-0.3, -0.25) is 0 Å². The van der Waals surface area contributed by atoms with Crippen LogP contribution in [0.3, 0.4) is 0 Å². The van der Waals surface area contributed by atoms with E-state index < -0.39 is 10.0 Å². The number of benzene rings is 1. The summed E-state index contributed by atoms with van der Waals surface area (Å²) in [6.07, 6.45) is 0. The lowest BCUT2D eigenvalue weighted by Gasteiger charge is -2.21. The lowest BCUT2D eigenvalue weighted by Crippen LogP contribution is -2.34. The maximum absolute atomic E-state index is 12.1. The highest BCUT2D eigenvalue weighted by molar-refractivity contribution is 7.89. The Labute approximate surface area is 128 Å². The third-order valence-corrected chi connectivity index (χ3v) is 4.68. The third-order valence-electron chi connectivity index (χ3n) is 2.72. The molecule has 0 aliphatic rings. The third kappa shape index (κ3) is 6.76. The van der Waals surface area contributed by atoms with Crippen molar-refractivity contribution in [2.45, 2.75) is 33.7 Å². The second-order valence-electron chi connectivity index (χ2n) is 6.29. The van der Waals surface area contributed by atoms with Crippen molar-refractivity contribution in [2.24, 2.45) is 11.1 Å².